The fourth-order valence-electron chi connectivity index (χ4n) is 4.82. The van der Waals surface area contributed by atoms with Gasteiger partial charge >= 0.3 is 5.63 Å². The molecule has 5 N–H and O–H groups in total. The van der Waals surface area contributed by atoms with Crippen molar-refractivity contribution in [3.8, 4) is 0 Å². The van der Waals surface area contributed by atoms with E-state index in [1.807, 2.05) is 24.4 Å². The first-order valence-electron chi connectivity index (χ1n) is 14.1. The van der Waals surface area contributed by atoms with E-state index in [2.05, 4.69) is 43.5 Å². The summed E-state index contributed by atoms with van der Waals surface area (Å²) < 4.78 is 34.7. The number of carbonyl (C=O) groups is 1. The predicted octanol–water partition coefficient (Wildman–Crippen LogP) is 4.15. The number of aromatic amines is 1. The molecule has 3 aromatic carbocycles. The number of benzene rings is 3. The molecule has 0 spiro atoms. The van der Waals surface area contributed by atoms with E-state index in [1.165, 1.54) is 18.2 Å². The maximum Gasteiger partial charge on any atom is 0.357 e. The molecule has 0 saturated carbocycles. The number of aliphatic hydroxyl groups is 1. The molecule has 12 heteroatoms. The Morgan fingerprint density at radius 3 is 2.57 bits per heavy atom. The van der Waals surface area contributed by atoms with Crippen molar-refractivity contribution in [3.05, 3.63) is 118 Å². The van der Waals surface area contributed by atoms with Crippen molar-refractivity contribution in [2.75, 3.05) is 11.3 Å². The van der Waals surface area contributed by atoms with Crippen LogP contribution in [0.5, 0.6) is 0 Å². The molecule has 230 valence electrons. The number of β-amino-alcohol motifs (C(OH)–C–C–N with tert-alkyl or cyclic N) is 1. The lowest BCUT2D eigenvalue weighted by molar-refractivity contribution is 0.0950. The van der Waals surface area contributed by atoms with E-state index < -0.39 is 21.8 Å². The number of hydrogen-bond acceptors (Lipinski definition) is 7. The van der Waals surface area contributed by atoms with Crippen LogP contribution in [0.15, 0.2) is 105 Å². The minimum absolute atomic E-state index is 0.152. The van der Waals surface area contributed by atoms with Gasteiger partial charge in [0.15, 0.2) is 0 Å². The second kappa shape index (κ2) is 12.9. The van der Waals surface area contributed by atoms with Crippen LogP contribution in [0.4, 0.5) is 5.69 Å². The molecule has 0 saturated heterocycles. The number of rotatable bonds is 13. The number of carbonyl (C=O) groups excluding carboxylic acids is 1. The van der Waals surface area contributed by atoms with Gasteiger partial charge < -0.3 is 24.8 Å². The summed E-state index contributed by atoms with van der Waals surface area (Å²) in [7, 11) is -3.74. The summed E-state index contributed by atoms with van der Waals surface area (Å²) in [4.78, 5) is 23.9. The van der Waals surface area contributed by atoms with Crippen LogP contribution in [0.25, 0.3) is 10.9 Å². The number of nitrogens with one attached hydrogen (secondary N) is 4. The van der Waals surface area contributed by atoms with Crippen LogP contribution in [-0.4, -0.2) is 41.2 Å². The number of fused-ring (bicyclic) bond motifs is 1. The molecular formula is C32H35N5O6S. The molecule has 11 nitrogen and oxygen atoms in total. The van der Waals surface area contributed by atoms with E-state index in [0.717, 1.165) is 17.3 Å². The van der Waals surface area contributed by atoms with E-state index in [0.29, 0.717) is 29.1 Å². The lowest BCUT2D eigenvalue weighted by Crippen LogP contribution is -2.42. The molecule has 0 fully saturated rings. The van der Waals surface area contributed by atoms with Crippen molar-refractivity contribution < 1.29 is 22.8 Å². The molecule has 0 aliphatic rings. The molecule has 0 bridgehead atoms. The maximum absolute atomic E-state index is 12.7. The van der Waals surface area contributed by atoms with Crippen LogP contribution in [0.1, 0.15) is 48.0 Å². The van der Waals surface area contributed by atoms with Crippen molar-refractivity contribution in [3.63, 3.8) is 0 Å². The van der Waals surface area contributed by atoms with E-state index in [4.69, 9.17) is 0 Å². The highest BCUT2D eigenvalue weighted by molar-refractivity contribution is 7.92. The van der Waals surface area contributed by atoms with Gasteiger partial charge in [-0.15, -0.1) is 0 Å². The van der Waals surface area contributed by atoms with Crippen LogP contribution in [0.2, 0.25) is 0 Å². The monoisotopic (exact) mass is 617 g/mol. The zero-order valence-electron chi connectivity index (χ0n) is 24.4. The van der Waals surface area contributed by atoms with E-state index in [1.54, 1.807) is 48.5 Å². The molecule has 1 amide bonds. The van der Waals surface area contributed by atoms with Gasteiger partial charge in [-0.2, -0.15) is 0 Å². The summed E-state index contributed by atoms with van der Waals surface area (Å²) in [5.41, 5.74) is 2.14. The number of nitrogens with zero attached hydrogens (tertiary/aromatic N) is 1. The van der Waals surface area contributed by atoms with E-state index in [9.17, 15) is 23.1 Å². The van der Waals surface area contributed by atoms with Crippen molar-refractivity contribution in [1.29, 1.82) is 0 Å². The van der Waals surface area contributed by atoms with Gasteiger partial charge in [-0.3, -0.25) is 9.52 Å². The predicted molar refractivity (Wildman–Crippen MR) is 168 cm³/mol. The molecule has 0 radical (unpaired) electrons. The number of amides is 1. The lowest BCUT2D eigenvalue weighted by Gasteiger charge is -2.28. The largest absolute Gasteiger partial charge is 0.387 e. The molecule has 5 rings (SSSR count). The van der Waals surface area contributed by atoms with Crippen molar-refractivity contribution >= 4 is 32.5 Å². The second-order valence-corrected chi connectivity index (χ2v) is 12.9. The van der Waals surface area contributed by atoms with Crippen molar-refractivity contribution in [1.82, 2.24) is 20.4 Å². The molecule has 44 heavy (non-hydrogen) atoms. The molecule has 0 unspecified atom stereocenters. The van der Waals surface area contributed by atoms with E-state index >= 15 is 0 Å². The molecular weight excluding hydrogens is 582 g/mol. The van der Waals surface area contributed by atoms with Gasteiger partial charge in [0, 0.05) is 53.0 Å². The number of anilines is 1. The van der Waals surface area contributed by atoms with Crippen molar-refractivity contribution in [2.24, 2.45) is 0 Å². The summed E-state index contributed by atoms with van der Waals surface area (Å²) in [5, 5.41) is 20.5. The third kappa shape index (κ3) is 7.64. The summed E-state index contributed by atoms with van der Waals surface area (Å²) in [6.07, 6.45) is 1.89. The Morgan fingerprint density at radius 2 is 1.82 bits per heavy atom. The molecule has 1 atom stereocenters. The minimum atomic E-state index is -3.74. The number of hydrogen-bond donors (Lipinski definition) is 5. The normalized spacial score (nSPS) is 12.7. The smallest absolute Gasteiger partial charge is 0.357 e. The first kappa shape index (κ1) is 30.8. The Morgan fingerprint density at radius 1 is 1.02 bits per heavy atom. The summed E-state index contributed by atoms with van der Waals surface area (Å²) in [6, 6.07) is 23.6. The Labute approximate surface area is 254 Å². The molecule has 2 heterocycles. The first-order chi connectivity index (χ1) is 21.0. The Hall–Kier alpha value is -4.65. The molecule has 0 aliphatic heterocycles. The molecule has 2 aromatic heterocycles. The van der Waals surface area contributed by atoms with Gasteiger partial charge in [-0.05, 0) is 74.4 Å². The Bertz CT molecular complexity index is 1910. The molecule has 0 aliphatic carbocycles. The third-order valence-corrected chi connectivity index (χ3v) is 8.77. The van der Waals surface area contributed by atoms with Gasteiger partial charge in [0.05, 0.1) is 23.2 Å². The Kier molecular flexibility index (Phi) is 9.04. The minimum Gasteiger partial charge on any atom is -0.387 e. The fraction of sp³-hybridized carbons (Fsp3) is 0.250. The zero-order valence-corrected chi connectivity index (χ0v) is 25.2. The van der Waals surface area contributed by atoms with Crippen molar-refractivity contribution in [2.45, 2.75) is 49.9 Å². The van der Waals surface area contributed by atoms with Gasteiger partial charge in [-0.1, -0.05) is 30.3 Å². The average molecular weight is 618 g/mol. The van der Waals surface area contributed by atoms with Crippen LogP contribution >= 0.6 is 0 Å². The topological polar surface area (TPSA) is 158 Å². The quantitative estimate of drug-likeness (QED) is 0.133. The second-order valence-electron chi connectivity index (χ2n) is 11.2. The van der Waals surface area contributed by atoms with Crippen LogP contribution in [0, 0.1) is 0 Å². The number of sulfonamides is 1. The highest BCUT2D eigenvalue weighted by Crippen LogP contribution is 2.23. The Balaban J connectivity index is 1.14. The lowest BCUT2D eigenvalue weighted by atomic mass is 9.99. The van der Waals surface area contributed by atoms with E-state index in [-0.39, 0.29) is 29.4 Å². The highest BCUT2D eigenvalue weighted by Gasteiger charge is 2.21. The number of H-pyrrole nitrogens is 1. The average Bonchev–Trinajstić information content (AvgIpc) is 3.63. The highest BCUT2D eigenvalue weighted by atomic mass is 32.2. The maximum atomic E-state index is 12.7. The van der Waals surface area contributed by atoms with Gasteiger partial charge in [0.1, 0.15) is 0 Å². The number of aliphatic hydroxyl groups excluding tert-OH is 1. The van der Waals surface area contributed by atoms with Gasteiger partial charge in [0.25, 0.3) is 15.9 Å². The number of aromatic nitrogens is 2. The van der Waals surface area contributed by atoms with Crippen LogP contribution in [-0.2, 0) is 23.1 Å². The fourth-order valence-corrected chi connectivity index (χ4v) is 5.89. The van der Waals surface area contributed by atoms with Gasteiger partial charge in [-0.25, -0.2) is 18.4 Å². The number of aryl methyl sites for hydroxylation is 1. The molecule has 5 aromatic rings. The summed E-state index contributed by atoms with van der Waals surface area (Å²) in [5.74, 6) is -0.260. The SMILES string of the molecule is CC(C)(CCn1ccc2cc(C(=O)NCc3cc(=O)o[nH]3)ccc21)NC[C@H](O)c1cccc(NS(=O)(=O)c2ccccc2)c1. The summed E-state index contributed by atoms with van der Waals surface area (Å²) in [6.45, 7) is 5.26. The standard InChI is InChI=1S/C32H35N5O6S/c1-32(2,34-21-29(38)23-7-6-8-25(18-23)36-44(41,42)27-9-4-3-5-10-27)14-16-37-15-13-22-17-24(11-12-28(22)37)31(40)33-20-26-19-30(39)43-35-26/h3-13,15,17-19,29,34-36,38H,14,16,20-21H2,1-2H3,(H,33,40)/t29-/m0/s1. The first-order valence-corrected chi connectivity index (χ1v) is 15.6. The van der Waals surface area contributed by atoms with Crippen LogP contribution < -0.4 is 21.0 Å². The van der Waals surface area contributed by atoms with Crippen LogP contribution in [0.3, 0.4) is 0 Å². The van der Waals surface area contributed by atoms with Gasteiger partial charge in [0.2, 0.25) is 0 Å². The third-order valence-electron chi connectivity index (χ3n) is 7.38. The summed E-state index contributed by atoms with van der Waals surface area (Å²) >= 11 is 0. The zero-order chi connectivity index (χ0) is 31.3.